The molecule has 120 valence electrons. The number of phenolic OH excluding ortho intramolecular Hbond substituents is 1. The highest BCUT2D eigenvalue weighted by atomic mass is 16.6. The van der Waals surface area contributed by atoms with Crippen LogP contribution in [0.4, 0.5) is 9.59 Å². The van der Waals surface area contributed by atoms with E-state index < -0.39 is 24.1 Å². The van der Waals surface area contributed by atoms with Crippen molar-refractivity contribution in [2.45, 2.75) is 19.4 Å². The molecule has 3 amide bonds. The van der Waals surface area contributed by atoms with Crippen LogP contribution in [-0.2, 0) is 16.0 Å². The lowest BCUT2D eigenvalue weighted by molar-refractivity contribution is -0.139. The molecular formula is C14H18N2O6. The molecule has 1 atom stereocenters. The summed E-state index contributed by atoms with van der Waals surface area (Å²) in [5, 5.41) is 20.6. The maximum absolute atomic E-state index is 11.8. The Hall–Kier alpha value is -2.77. The van der Waals surface area contributed by atoms with Gasteiger partial charge >= 0.3 is 18.1 Å². The van der Waals surface area contributed by atoms with Gasteiger partial charge in [-0.15, -0.1) is 0 Å². The summed E-state index contributed by atoms with van der Waals surface area (Å²) in [6, 6.07) is 3.85. The number of nitrogens with one attached hydrogen (secondary N) is 1. The normalized spacial score (nSPS) is 11.4. The van der Waals surface area contributed by atoms with Crippen LogP contribution in [0.1, 0.15) is 12.5 Å². The van der Waals surface area contributed by atoms with Crippen molar-refractivity contribution in [2.75, 3.05) is 13.7 Å². The van der Waals surface area contributed by atoms with Crippen LogP contribution >= 0.6 is 0 Å². The van der Waals surface area contributed by atoms with E-state index in [1.54, 1.807) is 19.1 Å². The number of nitrogens with zero attached hydrogens (tertiary/aromatic N) is 1. The number of imide groups is 1. The van der Waals surface area contributed by atoms with Gasteiger partial charge in [-0.05, 0) is 24.6 Å². The maximum atomic E-state index is 11.8. The summed E-state index contributed by atoms with van der Waals surface area (Å²) in [6.45, 7) is 1.70. The van der Waals surface area contributed by atoms with E-state index in [0.717, 1.165) is 0 Å². The van der Waals surface area contributed by atoms with Crippen LogP contribution in [0.25, 0.3) is 0 Å². The number of hydrogen-bond donors (Lipinski definition) is 3. The number of rotatable bonds is 5. The molecule has 0 aliphatic rings. The van der Waals surface area contributed by atoms with E-state index in [4.69, 9.17) is 5.11 Å². The van der Waals surface area contributed by atoms with Gasteiger partial charge in [0, 0.05) is 13.5 Å². The molecule has 0 unspecified atom stereocenters. The molecule has 0 heterocycles. The average Bonchev–Trinajstić information content (AvgIpc) is 2.47. The number of hydrogen-bond acceptors (Lipinski definition) is 5. The minimum atomic E-state index is -1.24. The molecule has 0 bridgehead atoms. The van der Waals surface area contributed by atoms with Gasteiger partial charge in [-0.3, -0.25) is 0 Å². The van der Waals surface area contributed by atoms with E-state index in [-0.39, 0.29) is 18.8 Å². The third-order valence-electron chi connectivity index (χ3n) is 2.82. The summed E-state index contributed by atoms with van der Waals surface area (Å²) >= 11 is 0. The molecule has 8 nitrogen and oxygen atoms in total. The number of aliphatic carboxylic acids is 1. The Morgan fingerprint density at radius 2 is 1.86 bits per heavy atom. The second-order valence-electron chi connectivity index (χ2n) is 4.47. The Morgan fingerprint density at radius 3 is 2.36 bits per heavy atom. The highest BCUT2D eigenvalue weighted by molar-refractivity contribution is 5.92. The van der Waals surface area contributed by atoms with Gasteiger partial charge in [0.1, 0.15) is 11.8 Å². The quantitative estimate of drug-likeness (QED) is 0.752. The van der Waals surface area contributed by atoms with Crippen molar-refractivity contribution in [1.82, 2.24) is 10.2 Å². The predicted octanol–water partition coefficient (Wildman–Crippen LogP) is 1.19. The SMILES string of the molecule is CCOC(=O)N(C)C(=O)N[C@H](Cc1ccc(O)cc1)C(=O)O. The van der Waals surface area contributed by atoms with Crippen LogP contribution in [-0.4, -0.2) is 52.9 Å². The molecule has 0 aromatic heterocycles. The minimum absolute atomic E-state index is 0.0119. The highest BCUT2D eigenvalue weighted by Gasteiger charge is 2.25. The fraction of sp³-hybridized carbons (Fsp3) is 0.357. The molecule has 1 rings (SSSR count). The first-order chi connectivity index (χ1) is 10.3. The van der Waals surface area contributed by atoms with Crippen molar-refractivity contribution in [2.24, 2.45) is 0 Å². The zero-order chi connectivity index (χ0) is 16.7. The van der Waals surface area contributed by atoms with E-state index in [9.17, 15) is 19.5 Å². The first-order valence-corrected chi connectivity index (χ1v) is 6.56. The summed E-state index contributed by atoms with van der Waals surface area (Å²) in [6.07, 6.45) is -0.855. The molecular weight excluding hydrogens is 292 g/mol. The van der Waals surface area contributed by atoms with Gasteiger partial charge in [-0.1, -0.05) is 12.1 Å². The second-order valence-corrected chi connectivity index (χ2v) is 4.47. The van der Waals surface area contributed by atoms with Crippen molar-refractivity contribution in [3.05, 3.63) is 29.8 Å². The van der Waals surface area contributed by atoms with E-state index in [1.165, 1.54) is 19.2 Å². The highest BCUT2D eigenvalue weighted by Crippen LogP contribution is 2.11. The van der Waals surface area contributed by atoms with Crippen LogP contribution in [0.3, 0.4) is 0 Å². The number of phenols is 1. The van der Waals surface area contributed by atoms with Crippen molar-refractivity contribution in [1.29, 1.82) is 0 Å². The molecule has 0 aliphatic heterocycles. The van der Waals surface area contributed by atoms with E-state index in [1.807, 2.05) is 0 Å². The molecule has 0 saturated heterocycles. The van der Waals surface area contributed by atoms with Crippen LogP contribution in [0.5, 0.6) is 5.75 Å². The summed E-state index contributed by atoms with van der Waals surface area (Å²) in [7, 11) is 1.19. The zero-order valence-electron chi connectivity index (χ0n) is 12.3. The van der Waals surface area contributed by atoms with Crippen LogP contribution in [0.2, 0.25) is 0 Å². The molecule has 22 heavy (non-hydrogen) atoms. The van der Waals surface area contributed by atoms with Crippen molar-refractivity contribution < 1.29 is 29.3 Å². The van der Waals surface area contributed by atoms with E-state index >= 15 is 0 Å². The standard InChI is InChI=1S/C14H18N2O6/c1-3-22-14(21)16(2)13(20)15-11(12(18)19)8-9-4-6-10(17)7-5-9/h4-7,11,17H,3,8H2,1-2H3,(H,15,20)(H,18,19)/t11-/m1/s1. The summed E-state index contributed by atoms with van der Waals surface area (Å²) in [5.41, 5.74) is 0.615. The lowest BCUT2D eigenvalue weighted by Gasteiger charge is -2.19. The molecule has 0 radical (unpaired) electrons. The molecule has 1 aromatic rings. The van der Waals surface area contributed by atoms with E-state index in [0.29, 0.717) is 10.5 Å². The first kappa shape index (κ1) is 17.3. The van der Waals surface area contributed by atoms with Gasteiger partial charge in [0.05, 0.1) is 6.61 Å². The van der Waals surface area contributed by atoms with Gasteiger partial charge < -0.3 is 20.3 Å². The third-order valence-corrected chi connectivity index (χ3v) is 2.82. The fourth-order valence-corrected chi connectivity index (χ4v) is 1.62. The van der Waals surface area contributed by atoms with Crippen LogP contribution in [0, 0.1) is 0 Å². The van der Waals surface area contributed by atoms with Gasteiger partial charge in [-0.25, -0.2) is 19.3 Å². The average molecular weight is 310 g/mol. The Bertz CT molecular complexity index is 543. The Balaban J connectivity index is 2.71. The van der Waals surface area contributed by atoms with Crippen LogP contribution in [0.15, 0.2) is 24.3 Å². The largest absolute Gasteiger partial charge is 0.508 e. The lowest BCUT2D eigenvalue weighted by atomic mass is 10.1. The minimum Gasteiger partial charge on any atom is -0.508 e. The van der Waals surface area contributed by atoms with Gasteiger partial charge in [-0.2, -0.15) is 0 Å². The number of amides is 3. The van der Waals surface area contributed by atoms with Crippen molar-refractivity contribution in [3.8, 4) is 5.75 Å². The van der Waals surface area contributed by atoms with Crippen molar-refractivity contribution in [3.63, 3.8) is 0 Å². The monoisotopic (exact) mass is 310 g/mol. The Labute approximate surface area is 127 Å². The number of carboxylic acid groups (broad SMARTS) is 1. The van der Waals surface area contributed by atoms with Gasteiger partial charge in [0.2, 0.25) is 0 Å². The lowest BCUT2D eigenvalue weighted by Crippen LogP contribution is -2.49. The molecule has 0 aliphatic carbocycles. The number of benzene rings is 1. The number of urea groups is 1. The fourth-order valence-electron chi connectivity index (χ4n) is 1.62. The second kappa shape index (κ2) is 7.87. The third kappa shape index (κ3) is 4.97. The predicted molar refractivity (Wildman–Crippen MR) is 76.6 cm³/mol. The number of carbonyl (C=O) groups is 3. The number of carboxylic acids is 1. The molecule has 8 heteroatoms. The maximum Gasteiger partial charge on any atom is 0.417 e. The topological polar surface area (TPSA) is 116 Å². The van der Waals surface area contributed by atoms with E-state index in [2.05, 4.69) is 10.1 Å². The number of ether oxygens (including phenoxy) is 1. The Morgan fingerprint density at radius 1 is 1.27 bits per heavy atom. The molecule has 0 saturated carbocycles. The summed E-state index contributed by atoms with van der Waals surface area (Å²) in [4.78, 5) is 35.1. The van der Waals surface area contributed by atoms with Crippen LogP contribution < -0.4 is 5.32 Å². The first-order valence-electron chi connectivity index (χ1n) is 6.56. The molecule has 3 N–H and O–H groups in total. The zero-order valence-corrected chi connectivity index (χ0v) is 12.3. The van der Waals surface area contributed by atoms with Gasteiger partial charge in [0.25, 0.3) is 0 Å². The molecule has 0 spiro atoms. The summed E-state index contributed by atoms with van der Waals surface area (Å²) < 4.78 is 4.65. The number of aromatic hydroxyl groups is 1. The number of carbonyl (C=O) groups excluding carboxylic acids is 2. The van der Waals surface area contributed by atoms with Gasteiger partial charge in [0.15, 0.2) is 0 Å². The van der Waals surface area contributed by atoms with Crippen molar-refractivity contribution >= 4 is 18.1 Å². The summed E-state index contributed by atoms with van der Waals surface area (Å²) in [5.74, 6) is -1.18. The molecule has 1 aromatic carbocycles. The smallest absolute Gasteiger partial charge is 0.417 e. The Kier molecular flexibility index (Phi) is 6.18. The molecule has 0 fully saturated rings.